The van der Waals surface area contributed by atoms with Crippen LogP contribution in [0.5, 0.6) is 0 Å². The average molecular weight is 344 g/mol. The van der Waals surface area contributed by atoms with E-state index in [1.54, 1.807) is 18.2 Å². The molecule has 1 fully saturated rings. The second-order valence-electron chi connectivity index (χ2n) is 6.74. The summed E-state index contributed by atoms with van der Waals surface area (Å²) in [7, 11) is 0. The first-order valence-corrected chi connectivity index (χ1v) is 8.92. The van der Waals surface area contributed by atoms with Crippen LogP contribution in [0.3, 0.4) is 0 Å². The highest BCUT2D eigenvalue weighted by Crippen LogP contribution is 2.35. The van der Waals surface area contributed by atoms with Crippen LogP contribution in [-0.2, 0) is 6.42 Å². The smallest absolute Gasteiger partial charge is 0.166 e. The lowest BCUT2D eigenvalue weighted by molar-refractivity contribution is 0.235. The van der Waals surface area contributed by atoms with Crippen molar-refractivity contribution in [2.45, 2.75) is 51.1 Å². The van der Waals surface area contributed by atoms with Gasteiger partial charge in [0.1, 0.15) is 6.17 Å². The zero-order valence-corrected chi connectivity index (χ0v) is 14.4. The molecule has 3 heteroatoms. The van der Waals surface area contributed by atoms with Gasteiger partial charge in [0.05, 0.1) is 0 Å². The van der Waals surface area contributed by atoms with Crippen molar-refractivity contribution >= 4 is 0 Å². The second kappa shape index (κ2) is 7.90. The van der Waals surface area contributed by atoms with Crippen LogP contribution in [0.1, 0.15) is 49.7 Å². The molecule has 0 aliphatic heterocycles. The van der Waals surface area contributed by atoms with Crippen molar-refractivity contribution in [3.63, 3.8) is 0 Å². The topological polar surface area (TPSA) is 0 Å². The highest BCUT2D eigenvalue weighted by Gasteiger charge is 2.22. The molecule has 1 saturated carbocycles. The van der Waals surface area contributed by atoms with Crippen molar-refractivity contribution in [3.8, 4) is 11.1 Å². The average Bonchev–Trinajstić information content (AvgIpc) is 2.64. The van der Waals surface area contributed by atoms with Gasteiger partial charge in [-0.05, 0) is 61.6 Å². The van der Waals surface area contributed by atoms with Gasteiger partial charge in [-0.15, -0.1) is 0 Å². The quantitative estimate of drug-likeness (QED) is 0.538. The molecule has 0 atom stereocenters. The molecule has 25 heavy (non-hydrogen) atoms. The molecular formula is C22H23F3. The highest BCUT2D eigenvalue weighted by atomic mass is 19.2. The fourth-order valence-corrected chi connectivity index (χ4v) is 3.54. The van der Waals surface area contributed by atoms with Crippen molar-refractivity contribution in [1.82, 2.24) is 0 Å². The Balaban J connectivity index is 1.81. The van der Waals surface area contributed by atoms with E-state index in [1.807, 2.05) is 37.3 Å². The van der Waals surface area contributed by atoms with E-state index in [0.29, 0.717) is 36.3 Å². The van der Waals surface area contributed by atoms with Gasteiger partial charge in [-0.1, -0.05) is 48.6 Å². The van der Waals surface area contributed by atoms with E-state index >= 15 is 0 Å². The standard InChI is InChI=1S/C22H23F3/c1-2-3-4-18-11-14-20(22(25)21(18)24)17-7-5-15(6-8-17)16-9-12-19(23)13-10-16/h2-3,5-8,11,14,16,19H,4,9-10,12-13H2,1H3. The summed E-state index contributed by atoms with van der Waals surface area (Å²) in [6.07, 6.45) is 6.26. The molecule has 1 aliphatic rings. The minimum atomic E-state index is -0.798. The number of halogens is 3. The molecule has 0 heterocycles. The number of allylic oxidation sites excluding steroid dienone is 2. The number of benzene rings is 2. The summed E-state index contributed by atoms with van der Waals surface area (Å²) >= 11 is 0. The van der Waals surface area contributed by atoms with Crippen LogP contribution in [0, 0.1) is 11.6 Å². The number of alkyl halides is 1. The Morgan fingerprint density at radius 3 is 2.24 bits per heavy atom. The normalized spacial score (nSPS) is 21.0. The minimum absolute atomic E-state index is 0.278. The van der Waals surface area contributed by atoms with E-state index in [2.05, 4.69) is 0 Å². The van der Waals surface area contributed by atoms with Crippen molar-refractivity contribution in [3.05, 3.63) is 71.3 Å². The maximum absolute atomic E-state index is 14.4. The zero-order valence-electron chi connectivity index (χ0n) is 14.4. The van der Waals surface area contributed by atoms with Crippen molar-refractivity contribution in [1.29, 1.82) is 0 Å². The molecule has 0 unspecified atom stereocenters. The first-order chi connectivity index (χ1) is 12.1. The summed E-state index contributed by atoms with van der Waals surface area (Å²) in [5.74, 6) is -1.21. The van der Waals surface area contributed by atoms with Crippen LogP contribution in [0.2, 0.25) is 0 Å². The summed E-state index contributed by atoms with van der Waals surface area (Å²) in [5.41, 5.74) is 2.46. The summed E-state index contributed by atoms with van der Waals surface area (Å²) in [6, 6.07) is 10.9. The third-order valence-electron chi connectivity index (χ3n) is 5.09. The number of hydrogen-bond donors (Lipinski definition) is 0. The Bertz CT molecular complexity index is 739. The lowest BCUT2D eigenvalue weighted by Gasteiger charge is -2.24. The Morgan fingerprint density at radius 1 is 0.920 bits per heavy atom. The molecule has 0 bridgehead atoms. The van der Waals surface area contributed by atoms with Crippen LogP contribution >= 0.6 is 0 Å². The van der Waals surface area contributed by atoms with E-state index in [4.69, 9.17) is 0 Å². The maximum Gasteiger partial charge on any atom is 0.166 e. The molecule has 0 saturated heterocycles. The maximum atomic E-state index is 14.4. The molecule has 0 radical (unpaired) electrons. The van der Waals surface area contributed by atoms with Crippen LogP contribution in [0.25, 0.3) is 11.1 Å². The monoisotopic (exact) mass is 344 g/mol. The summed E-state index contributed by atoms with van der Waals surface area (Å²) in [4.78, 5) is 0. The predicted molar refractivity (Wildman–Crippen MR) is 96.4 cm³/mol. The summed E-state index contributed by atoms with van der Waals surface area (Å²) in [6.45, 7) is 1.85. The molecule has 1 aliphatic carbocycles. The number of rotatable bonds is 4. The zero-order chi connectivity index (χ0) is 17.8. The van der Waals surface area contributed by atoms with Crippen molar-refractivity contribution in [2.75, 3.05) is 0 Å². The predicted octanol–water partition coefficient (Wildman–Crippen LogP) is 6.75. The minimum Gasteiger partial charge on any atom is -0.247 e. The van der Waals surface area contributed by atoms with Gasteiger partial charge in [0.15, 0.2) is 11.6 Å². The highest BCUT2D eigenvalue weighted by molar-refractivity contribution is 5.65. The van der Waals surface area contributed by atoms with Crippen LogP contribution in [0.4, 0.5) is 13.2 Å². The van der Waals surface area contributed by atoms with E-state index in [-0.39, 0.29) is 5.56 Å². The van der Waals surface area contributed by atoms with Gasteiger partial charge in [-0.3, -0.25) is 0 Å². The van der Waals surface area contributed by atoms with Gasteiger partial charge >= 0.3 is 0 Å². The largest absolute Gasteiger partial charge is 0.247 e. The van der Waals surface area contributed by atoms with Gasteiger partial charge in [-0.2, -0.15) is 0 Å². The molecular weight excluding hydrogens is 321 g/mol. The molecule has 0 amide bonds. The van der Waals surface area contributed by atoms with Crippen molar-refractivity contribution in [2.24, 2.45) is 0 Å². The first-order valence-electron chi connectivity index (χ1n) is 8.92. The molecule has 0 spiro atoms. The van der Waals surface area contributed by atoms with Crippen LogP contribution in [-0.4, -0.2) is 6.17 Å². The molecule has 2 aromatic carbocycles. The van der Waals surface area contributed by atoms with E-state index in [0.717, 1.165) is 18.4 Å². The van der Waals surface area contributed by atoms with Crippen LogP contribution < -0.4 is 0 Å². The van der Waals surface area contributed by atoms with Gasteiger partial charge < -0.3 is 0 Å². The molecule has 0 nitrogen and oxygen atoms in total. The second-order valence-corrected chi connectivity index (χ2v) is 6.74. The Hall–Kier alpha value is -2.03. The van der Waals surface area contributed by atoms with Gasteiger partial charge in [0.2, 0.25) is 0 Å². The molecule has 132 valence electrons. The fourth-order valence-electron chi connectivity index (χ4n) is 3.54. The van der Waals surface area contributed by atoms with Crippen molar-refractivity contribution < 1.29 is 13.2 Å². The Morgan fingerprint density at radius 2 is 1.60 bits per heavy atom. The number of hydrogen-bond acceptors (Lipinski definition) is 0. The first kappa shape index (κ1) is 17.8. The molecule has 0 aromatic heterocycles. The third kappa shape index (κ3) is 3.97. The molecule has 0 N–H and O–H groups in total. The molecule has 3 rings (SSSR count). The molecule has 2 aromatic rings. The lowest BCUT2D eigenvalue weighted by atomic mass is 9.83. The summed E-state index contributed by atoms with van der Waals surface area (Å²) in [5, 5.41) is 0. The van der Waals surface area contributed by atoms with E-state index in [9.17, 15) is 13.2 Å². The summed E-state index contributed by atoms with van der Waals surface area (Å²) < 4.78 is 41.9. The van der Waals surface area contributed by atoms with Gasteiger partial charge in [-0.25, -0.2) is 13.2 Å². The Kier molecular flexibility index (Phi) is 5.62. The van der Waals surface area contributed by atoms with E-state index in [1.165, 1.54) is 0 Å². The SMILES string of the molecule is CC=CCc1ccc(-c2ccc(C3CCC(F)CC3)cc2)c(F)c1F. The lowest BCUT2D eigenvalue weighted by Crippen LogP contribution is -2.13. The van der Waals surface area contributed by atoms with Gasteiger partial charge in [0.25, 0.3) is 0 Å². The van der Waals surface area contributed by atoms with Gasteiger partial charge in [0, 0.05) is 5.56 Å². The fraction of sp³-hybridized carbons (Fsp3) is 0.364. The van der Waals surface area contributed by atoms with E-state index < -0.39 is 17.8 Å². The Labute approximate surface area is 147 Å². The van der Waals surface area contributed by atoms with Crippen LogP contribution in [0.15, 0.2) is 48.6 Å². The third-order valence-corrected chi connectivity index (χ3v) is 5.09.